The van der Waals surface area contributed by atoms with E-state index < -0.39 is 59.8 Å². The molecule has 0 aromatic carbocycles. The third-order valence-corrected chi connectivity index (χ3v) is 11.4. The highest BCUT2D eigenvalue weighted by molar-refractivity contribution is 7.80. The fourth-order valence-corrected chi connectivity index (χ4v) is 7.82. The van der Waals surface area contributed by atoms with E-state index in [0.717, 1.165) is 70.6 Å². The van der Waals surface area contributed by atoms with Crippen molar-refractivity contribution < 1.29 is 56.2 Å². The summed E-state index contributed by atoms with van der Waals surface area (Å²) in [7, 11) is -5.06. The molecule has 4 N–H and O–H groups in total. The highest BCUT2D eigenvalue weighted by Gasteiger charge is 2.48. The van der Waals surface area contributed by atoms with Crippen molar-refractivity contribution in [1.29, 1.82) is 0 Å². The molecule has 6 unspecified atom stereocenters. The minimum Gasteiger partial charge on any atom is -0.457 e. The number of hydrogen-bond donors (Lipinski definition) is 4. The Labute approximate surface area is 376 Å². The highest BCUT2D eigenvalue weighted by atomic mass is 32.3. The van der Waals surface area contributed by atoms with Gasteiger partial charge in [-0.05, 0) is 51.4 Å². The first kappa shape index (κ1) is 58.1. The van der Waals surface area contributed by atoms with Gasteiger partial charge in [0.05, 0.1) is 19.8 Å². The standard InChI is InChI=1S/C49H88O12S/c1-3-5-7-9-11-13-15-16-17-18-19-20-21-22-23-24-25-26-27-29-31-33-35-37-39-57-41-43(59-45(51)38-36-34-32-30-28-14-12-10-8-6-4-2)42-58-49-47(53)48(61-62(54,55)56)46(52)44(40-50)60-49/h5,7,11,13,16-17,19-20,43-44,46-50,52-53H,3-4,6,8-10,12,14-15,18,21-42H2,1-2H3,(H,54,55,56)/b7-5-,13-11-,17-16-,20-19-. The number of ether oxygens (including phenoxy) is 4. The van der Waals surface area contributed by atoms with Crippen LogP contribution >= 0.6 is 0 Å². The van der Waals surface area contributed by atoms with Gasteiger partial charge in [0.25, 0.3) is 0 Å². The van der Waals surface area contributed by atoms with Crippen molar-refractivity contribution in [3.8, 4) is 0 Å². The Kier molecular flexibility index (Phi) is 38.0. The predicted molar refractivity (Wildman–Crippen MR) is 248 cm³/mol. The molecule has 0 amide bonds. The Morgan fingerprint density at radius 3 is 1.63 bits per heavy atom. The summed E-state index contributed by atoms with van der Waals surface area (Å²) >= 11 is 0. The molecule has 6 atom stereocenters. The molecule has 1 fully saturated rings. The fraction of sp³-hybridized carbons (Fsp3) is 0.816. The first-order chi connectivity index (χ1) is 30.1. The number of aliphatic hydroxyl groups is 3. The van der Waals surface area contributed by atoms with Gasteiger partial charge in [-0.25, -0.2) is 4.18 Å². The summed E-state index contributed by atoms with van der Waals surface area (Å²) in [5.41, 5.74) is 0. The van der Waals surface area contributed by atoms with Crippen LogP contribution < -0.4 is 0 Å². The molecular weight excluding hydrogens is 813 g/mol. The molecule has 0 aromatic heterocycles. The molecule has 1 aliphatic rings. The van der Waals surface area contributed by atoms with Crippen LogP contribution in [0.3, 0.4) is 0 Å². The van der Waals surface area contributed by atoms with Gasteiger partial charge in [-0.3, -0.25) is 9.35 Å². The zero-order chi connectivity index (χ0) is 45.4. The maximum Gasteiger partial charge on any atom is 0.397 e. The van der Waals surface area contributed by atoms with E-state index >= 15 is 0 Å². The second-order valence-corrected chi connectivity index (χ2v) is 17.7. The first-order valence-corrected chi connectivity index (χ1v) is 25.8. The van der Waals surface area contributed by atoms with Gasteiger partial charge in [0.15, 0.2) is 6.29 Å². The highest BCUT2D eigenvalue weighted by Crippen LogP contribution is 2.26. The maximum absolute atomic E-state index is 12.8. The number of unbranched alkanes of at least 4 members (excludes halogenated alkanes) is 21. The van der Waals surface area contributed by atoms with Crippen LogP contribution in [0, 0.1) is 0 Å². The Bertz CT molecular complexity index is 1270. The van der Waals surface area contributed by atoms with Crippen molar-refractivity contribution >= 4 is 16.4 Å². The van der Waals surface area contributed by atoms with E-state index in [0.29, 0.717) is 13.0 Å². The largest absolute Gasteiger partial charge is 0.457 e. The maximum atomic E-state index is 12.8. The van der Waals surface area contributed by atoms with Crippen molar-refractivity contribution in [1.82, 2.24) is 0 Å². The molecule has 1 rings (SSSR count). The number of hydrogen-bond acceptors (Lipinski definition) is 11. The molecule has 362 valence electrons. The number of rotatable bonds is 42. The van der Waals surface area contributed by atoms with Crippen LogP contribution in [0.1, 0.15) is 194 Å². The lowest BCUT2D eigenvalue weighted by atomic mass is 9.99. The van der Waals surface area contributed by atoms with Crippen LogP contribution in [0.25, 0.3) is 0 Å². The second-order valence-electron chi connectivity index (χ2n) is 16.7. The van der Waals surface area contributed by atoms with Gasteiger partial charge in [0.2, 0.25) is 0 Å². The Balaban J connectivity index is 2.32. The van der Waals surface area contributed by atoms with Gasteiger partial charge in [0.1, 0.15) is 30.5 Å². The van der Waals surface area contributed by atoms with Crippen molar-refractivity contribution in [3.05, 3.63) is 48.6 Å². The SMILES string of the molecule is CC/C=C\C/C=C\C/C=C\C/C=C\CCCCCCCCCCCCCOCC(COC1OC(CO)C(O)C(OS(=O)(=O)O)C1O)OC(=O)CCCCCCCCCCCCC. The Hall–Kier alpha value is -1.94. The van der Waals surface area contributed by atoms with Crippen molar-refractivity contribution in [2.75, 3.05) is 26.4 Å². The normalized spacial score (nSPS) is 20.4. The molecule has 1 aliphatic heterocycles. The fourth-order valence-electron chi connectivity index (χ4n) is 7.31. The molecular formula is C49H88O12S. The van der Waals surface area contributed by atoms with Gasteiger partial charge in [-0.15, -0.1) is 0 Å². The van der Waals surface area contributed by atoms with Crippen molar-refractivity contribution in [3.63, 3.8) is 0 Å². The molecule has 13 heteroatoms. The summed E-state index contributed by atoms with van der Waals surface area (Å²) in [6.45, 7) is 3.87. The molecule has 0 radical (unpaired) electrons. The minimum absolute atomic E-state index is 0.0350. The van der Waals surface area contributed by atoms with Crippen LogP contribution in [-0.2, 0) is 38.3 Å². The third-order valence-electron chi connectivity index (χ3n) is 11.0. The van der Waals surface area contributed by atoms with Gasteiger partial charge in [-0.1, -0.05) is 184 Å². The monoisotopic (exact) mass is 901 g/mol. The van der Waals surface area contributed by atoms with Crippen LogP contribution in [0.4, 0.5) is 0 Å². The summed E-state index contributed by atoms with van der Waals surface area (Å²) in [5, 5.41) is 30.7. The third kappa shape index (κ3) is 33.6. The quantitative estimate of drug-likeness (QED) is 0.0198. The zero-order valence-corrected chi connectivity index (χ0v) is 39.5. The lowest BCUT2D eigenvalue weighted by Gasteiger charge is -2.41. The smallest absolute Gasteiger partial charge is 0.397 e. The van der Waals surface area contributed by atoms with Gasteiger partial charge in [-0.2, -0.15) is 8.42 Å². The summed E-state index contributed by atoms with van der Waals surface area (Å²) < 4.78 is 59.1. The number of aliphatic hydroxyl groups excluding tert-OH is 3. The van der Waals surface area contributed by atoms with Gasteiger partial charge >= 0.3 is 16.4 Å². The number of esters is 1. The topological polar surface area (TPSA) is 178 Å². The van der Waals surface area contributed by atoms with Gasteiger partial charge in [0, 0.05) is 13.0 Å². The molecule has 0 aromatic rings. The van der Waals surface area contributed by atoms with E-state index in [2.05, 4.69) is 66.6 Å². The molecule has 1 saturated heterocycles. The Morgan fingerprint density at radius 2 is 1.11 bits per heavy atom. The van der Waals surface area contributed by atoms with Gasteiger partial charge < -0.3 is 34.3 Å². The number of carbonyl (C=O) groups is 1. The molecule has 12 nitrogen and oxygen atoms in total. The number of allylic oxidation sites excluding steroid dienone is 8. The summed E-state index contributed by atoms with van der Waals surface area (Å²) in [5.74, 6) is -0.402. The molecule has 0 spiro atoms. The van der Waals surface area contributed by atoms with Crippen LogP contribution in [0.15, 0.2) is 48.6 Å². The summed E-state index contributed by atoms with van der Waals surface area (Å²) in [4.78, 5) is 12.8. The molecule has 0 aliphatic carbocycles. The first-order valence-electron chi connectivity index (χ1n) is 24.4. The average molecular weight is 901 g/mol. The van der Waals surface area contributed by atoms with E-state index in [1.165, 1.54) is 96.3 Å². The van der Waals surface area contributed by atoms with Crippen molar-refractivity contribution in [2.24, 2.45) is 0 Å². The lowest BCUT2D eigenvalue weighted by Crippen LogP contribution is -2.60. The van der Waals surface area contributed by atoms with Crippen LogP contribution in [0.5, 0.6) is 0 Å². The van der Waals surface area contributed by atoms with E-state index in [-0.39, 0.29) is 19.6 Å². The number of carbonyl (C=O) groups excluding carboxylic acids is 1. The van der Waals surface area contributed by atoms with E-state index in [1.807, 2.05) is 0 Å². The average Bonchev–Trinajstić information content (AvgIpc) is 3.24. The lowest BCUT2D eigenvalue weighted by molar-refractivity contribution is -0.301. The molecule has 62 heavy (non-hydrogen) atoms. The van der Waals surface area contributed by atoms with Crippen molar-refractivity contribution in [2.45, 2.75) is 230 Å². The molecule has 0 bridgehead atoms. The summed E-state index contributed by atoms with van der Waals surface area (Å²) in [6.07, 6.45) is 40.1. The van der Waals surface area contributed by atoms with Crippen LogP contribution in [0.2, 0.25) is 0 Å². The van der Waals surface area contributed by atoms with Crippen LogP contribution in [-0.4, -0.2) is 97.5 Å². The van der Waals surface area contributed by atoms with E-state index in [1.54, 1.807) is 0 Å². The molecule has 1 heterocycles. The van der Waals surface area contributed by atoms with E-state index in [4.69, 9.17) is 23.5 Å². The Morgan fingerprint density at radius 1 is 0.629 bits per heavy atom. The second kappa shape index (κ2) is 40.6. The minimum atomic E-state index is -5.06. The summed E-state index contributed by atoms with van der Waals surface area (Å²) in [6, 6.07) is 0. The molecule has 0 saturated carbocycles. The van der Waals surface area contributed by atoms with E-state index in [9.17, 15) is 28.5 Å². The predicted octanol–water partition coefficient (Wildman–Crippen LogP) is 10.7. The zero-order valence-electron chi connectivity index (χ0n) is 38.7.